The Hall–Kier alpha value is -0.900. The van der Waals surface area contributed by atoms with Crippen molar-refractivity contribution in [2.75, 3.05) is 0 Å². The second kappa shape index (κ2) is 2.86. The van der Waals surface area contributed by atoms with E-state index in [1.54, 1.807) is 6.33 Å². The van der Waals surface area contributed by atoms with Gasteiger partial charge in [0.1, 0.15) is 10.9 Å². The maximum absolute atomic E-state index is 4.19. The van der Waals surface area contributed by atoms with Crippen molar-refractivity contribution < 1.29 is 0 Å². The fourth-order valence-electron chi connectivity index (χ4n) is 1.23. The first-order chi connectivity index (χ1) is 5.83. The monoisotopic (exact) mass is 225 g/mol. The molecule has 0 bridgehead atoms. The van der Waals surface area contributed by atoms with E-state index >= 15 is 0 Å². The summed E-state index contributed by atoms with van der Waals surface area (Å²) in [6, 6.07) is 3.99. The average Bonchev–Trinajstić information content (AvgIpc) is 2.48. The minimum absolute atomic E-state index is 0.933. The summed E-state index contributed by atoms with van der Waals surface area (Å²) in [4.78, 5) is 4.19. The molecule has 0 N–H and O–H groups in total. The molecule has 0 spiro atoms. The molecule has 0 aromatic carbocycles. The Kier molecular flexibility index (Phi) is 1.84. The molecule has 0 aliphatic heterocycles. The van der Waals surface area contributed by atoms with Crippen molar-refractivity contribution >= 4 is 21.4 Å². The van der Waals surface area contributed by atoms with E-state index in [4.69, 9.17) is 0 Å². The quantitative estimate of drug-likeness (QED) is 0.744. The lowest BCUT2D eigenvalue weighted by Gasteiger charge is -1.98. The molecule has 0 saturated carbocycles. The van der Waals surface area contributed by atoms with Gasteiger partial charge in [0.05, 0.1) is 11.2 Å². The third-order valence-electron chi connectivity index (χ3n) is 1.82. The van der Waals surface area contributed by atoms with E-state index in [0.717, 1.165) is 22.2 Å². The molecule has 0 saturated heterocycles. The van der Waals surface area contributed by atoms with Gasteiger partial charge in [-0.05, 0) is 34.5 Å². The van der Waals surface area contributed by atoms with Gasteiger partial charge in [-0.3, -0.25) is 0 Å². The molecule has 12 heavy (non-hydrogen) atoms. The van der Waals surface area contributed by atoms with Gasteiger partial charge in [0.15, 0.2) is 0 Å². The predicted octanol–water partition coefficient (Wildman–Crippen LogP) is 2.05. The molecule has 0 radical (unpaired) electrons. The summed E-state index contributed by atoms with van der Waals surface area (Å²) in [6.07, 6.45) is 2.51. The number of hydrogen-bond acceptors (Lipinski definition) is 2. The SMILES string of the molecule is CCc1ncnn2c(Br)ccc12. The van der Waals surface area contributed by atoms with Crippen molar-refractivity contribution in [1.82, 2.24) is 14.6 Å². The molecule has 2 rings (SSSR count). The Labute approximate surface area is 78.6 Å². The van der Waals surface area contributed by atoms with Crippen LogP contribution in [-0.2, 0) is 6.42 Å². The minimum atomic E-state index is 0.933. The number of nitrogens with zero attached hydrogens (tertiary/aromatic N) is 3. The molecule has 62 valence electrons. The molecule has 2 aromatic heterocycles. The van der Waals surface area contributed by atoms with Crippen LogP contribution in [0.25, 0.3) is 5.52 Å². The Morgan fingerprint density at radius 3 is 3.08 bits per heavy atom. The molecule has 0 aliphatic rings. The Morgan fingerprint density at radius 2 is 2.33 bits per heavy atom. The van der Waals surface area contributed by atoms with Crippen LogP contribution in [0, 0.1) is 0 Å². The van der Waals surface area contributed by atoms with E-state index < -0.39 is 0 Å². The number of fused-ring (bicyclic) bond motifs is 1. The van der Waals surface area contributed by atoms with Crippen LogP contribution < -0.4 is 0 Å². The van der Waals surface area contributed by atoms with Crippen molar-refractivity contribution in [3.05, 3.63) is 28.8 Å². The van der Waals surface area contributed by atoms with E-state index in [0.29, 0.717) is 0 Å². The number of aromatic nitrogens is 3. The Balaban J connectivity index is 2.81. The van der Waals surface area contributed by atoms with Crippen LogP contribution in [0.15, 0.2) is 23.1 Å². The largest absolute Gasteiger partial charge is 0.237 e. The van der Waals surface area contributed by atoms with E-state index in [-0.39, 0.29) is 0 Å². The van der Waals surface area contributed by atoms with Crippen molar-refractivity contribution in [2.24, 2.45) is 0 Å². The molecule has 0 unspecified atom stereocenters. The Bertz CT molecular complexity index is 408. The molecule has 4 heteroatoms. The molecule has 2 heterocycles. The first-order valence-electron chi connectivity index (χ1n) is 3.80. The van der Waals surface area contributed by atoms with Gasteiger partial charge in [0.25, 0.3) is 0 Å². The molecule has 2 aromatic rings. The van der Waals surface area contributed by atoms with Crippen LogP contribution in [0.1, 0.15) is 12.6 Å². The maximum atomic E-state index is 4.19. The van der Waals surface area contributed by atoms with Crippen molar-refractivity contribution in [3.8, 4) is 0 Å². The number of hydrogen-bond donors (Lipinski definition) is 0. The lowest BCUT2D eigenvalue weighted by atomic mass is 10.3. The lowest BCUT2D eigenvalue weighted by molar-refractivity contribution is 0.853. The Morgan fingerprint density at radius 1 is 1.50 bits per heavy atom. The normalized spacial score (nSPS) is 10.8. The van der Waals surface area contributed by atoms with Gasteiger partial charge in [-0.2, -0.15) is 5.10 Å². The molecule has 0 atom stereocenters. The molecule has 3 nitrogen and oxygen atoms in total. The van der Waals surface area contributed by atoms with Crippen molar-refractivity contribution in [1.29, 1.82) is 0 Å². The summed E-state index contributed by atoms with van der Waals surface area (Å²) in [5.74, 6) is 0. The van der Waals surface area contributed by atoms with Crippen LogP contribution in [0.5, 0.6) is 0 Å². The van der Waals surface area contributed by atoms with Gasteiger partial charge in [0, 0.05) is 0 Å². The minimum Gasteiger partial charge on any atom is -0.237 e. The first kappa shape index (κ1) is 7.73. The third kappa shape index (κ3) is 1.03. The van der Waals surface area contributed by atoms with Crippen LogP contribution in [0.2, 0.25) is 0 Å². The summed E-state index contributed by atoms with van der Waals surface area (Å²) in [5.41, 5.74) is 2.16. The zero-order valence-corrected chi connectivity index (χ0v) is 8.24. The topological polar surface area (TPSA) is 30.2 Å². The van der Waals surface area contributed by atoms with E-state index in [1.807, 2.05) is 16.6 Å². The highest BCUT2D eigenvalue weighted by Gasteiger charge is 2.03. The van der Waals surface area contributed by atoms with Crippen molar-refractivity contribution in [2.45, 2.75) is 13.3 Å². The van der Waals surface area contributed by atoms with Gasteiger partial charge in [-0.15, -0.1) is 0 Å². The lowest BCUT2D eigenvalue weighted by Crippen LogP contribution is -1.97. The summed E-state index contributed by atoms with van der Waals surface area (Å²) in [7, 11) is 0. The third-order valence-corrected chi connectivity index (χ3v) is 2.42. The molecule has 0 amide bonds. The van der Waals surface area contributed by atoms with Crippen LogP contribution >= 0.6 is 15.9 Å². The van der Waals surface area contributed by atoms with E-state index in [1.165, 1.54) is 0 Å². The number of halogens is 1. The fraction of sp³-hybridized carbons (Fsp3) is 0.250. The van der Waals surface area contributed by atoms with Crippen LogP contribution in [0.4, 0.5) is 0 Å². The highest BCUT2D eigenvalue weighted by Crippen LogP contribution is 2.16. The van der Waals surface area contributed by atoms with Gasteiger partial charge >= 0.3 is 0 Å². The highest BCUT2D eigenvalue weighted by atomic mass is 79.9. The fourth-order valence-corrected chi connectivity index (χ4v) is 1.64. The van der Waals surface area contributed by atoms with Gasteiger partial charge in [0.2, 0.25) is 0 Å². The maximum Gasteiger partial charge on any atom is 0.136 e. The van der Waals surface area contributed by atoms with Crippen LogP contribution in [-0.4, -0.2) is 14.6 Å². The standard InChI is InChI=1S/C8H8BrN3/c1-2-6-7-3-4-8(9)12(7)11-5-10-6/h3-5H,2H2,1H3. The molecular formula is C8H8BrN3. The number of rotatable bonds is 1. The summed E-state index contributed by atoms with van der Waals surface area (Å²) >= 11 is 3.40. The smallest absolute Gasteiger partial charge is 0.136 e. The summed E-state index contributed by atoms with van der Waals surface area (Å²) < 4.78 is 2.81. The van der Waals surface area contributed by atoms with E-state index in [2.05, 4.69) is 32.9 Å². The molecular weight excluding hydrogens is 218 g/mol. The summed E-state index contributed by atoms with van der Waals surface area (Å²) in [6.45, 7) is 2.09. The van der Waals surface area contributed by atoms with Gasteiger partial charge in [-0.25, -0.2) is 9.50 Å². The van der Waals surface area contributed by atoms with Gasteiger partial charge in [-0.1, -0.05) is 6.92 Å². The average molecular weight is 226 g/mol. The highest BCUT2D eigenvalue weighted by molar-refractivity contribution is 9.10. The predicted molar refractivity (Wildman–Crippen MR) is 50.1 cm³/mol. The summed E-state index contributed by atoms with van der Waals surface area (Å²) in [5, 5.41) is 4.11. The molecule has 0 fully saturated rings. The molecule has 0 aliphatic carbocycles. The second-order valence-corrected chi connectivity index (χ2v) is 3.33. The zero-order valence-electron chi connectivity index (χ0n) is 6.66. The zero-order chi connectivity index (χ0) is 8.55. The van der Waals surface area contributed by atoms with E-state index in [9.17, 15) is 0 Å². The second-order valence-electron chi connectivity index (χ2n) is 2.51. The van der Waals surface area contributed by atoms with Gasteiger partial charge < -0.3 is 0 Å². The van der Waals surface area contributed by atoms with Crippen LogP contribution in [0.3, 0.4) is 0 Å². The first-order valence-corrected chi connectivity index (χ1v) is 4.59. The van der Waals surface area contributed by atoms with Crippen molar-refractivity contribution in [3.63, 3.8) is 0 Å². The number of aryl methyl sites for hydroxylation is 1.